The second kappa shape index (κ2) is 6.34. The van der Waals surface area contributed by atoms with Crippen LogP contribution in [0.1, 0.15) is 18.9 Å². The fraction of sp³-hybridized carbons (Fsp3) is 0.571. The normalized spacial score (nSPS) is 20.7. The van der Waals surface area contributed by atoms with E-state index in [9.17, 15) is 5.11 Å². The summed E-state index contributed by atoms with van der Waals surface area (Å²) in [6.07, 6.45) is 1.67. The van der Waals surface area contributed by atoms with Crippen molar-refractivity contribution in [2.24, 2.45) is 0 Å². The Kier molecular flexibility index (Phi) is 4.78. The van der Waals surface area contributed by atoms with Crippen LogP contribution in [0.5, 0.6) is 11.5 Å². The average Bonchev–Trinajstić information content (AvgIpc) is 2.81. The van der Waals surface area contributed by atoms with Crippen LogP contribution in [-0.4, -0.2) is 35.9 Å². The Balaban J connectivity index is 2.13. The Hall–Kier alpha value is -0.870. The first kappa shape index (κ1) is 13.6. The van der Waals surface area contributed by atoms with Crippen LogP contribution in [0, 0.1) is 0 Å². The Morgan fingerprint density at radius 1 is 1.44 bits per heavy atom. The van der Waals surface area contributed by atoms with E-state index in [4.69, 9.17) is 9.47 Å². The zero-order chi connectivity index (χ0) is 13.0. The molecular weight excluding hydrogens is 248 g/mol. The Bertz CT molecular complexity index is 387. The van der Waals surface area contributed by atoms with Crippen molar-refractivity contribution in [2.75, 3.05) is 18.6 Å². The molecule has 0 aliphatic carbocycles. The summed E-state index contributed by atoms with van der Waals surface area (Å²) in [5.74, 6) is 3.77. The minimum atomic E-state index is -0.340. The molecule has 1 N–H and O–H groups in total. The molecule has 1 saturated heterocycles. The molecule has 18 heavy (non-hydrogen) atoms. The summed E-state index contributed by atoms with van der Waals surface area (Å²) in [7, 11) is 1.65. The standard InChI is InChI=1S/C14H20O3S/c1-10(15)7-11-3-4-13(16-2)14(8-11)17-12-5-6-18-9-12/h3-4,8,10,12,15H,5-7,9H2,1-2H3. The van der Waals surface area contributed by atoms with Gasteiger partial charge in [-0.15, -0.1) is 0 Å². The highest BCUT2D eigenvalue weighted by Crippen LogP contribution is 2.32. The molecule has 0 saturated carbocycles. The molecule has 0 radical (unpaired) electrons. The first-order valence-electron chi connectivity index (χ1n) is 6.28. The number of thioether (sulfide) groups is 1. The minimum Gasteiger partial charge on any atom is -0.493 e. The molecule has 1 aliphatic heterocycles. The molecule has 1 fully saturated rings. The van der Waals surface area contributed by atoms with E-state index in [0.29, 0.717) is 6.42 Å². The first-order chi connectivity index (χ1) is 8.69. The van der Waals surface area contributed by atoms with Crippen molar-refractivity contribution in [3.8, 4) is 11.5 Å². The van der Waals surface area contributed by atoms with Crippen LogP contribution in [0.3, 0.4) is 0 Å². The van der Waals surface area contributed by atoms with Crippen molar-refractivity contribution in [3.05, 3.63) is 23.8 Å². The van der Waals surface area contributed by atoms with Crippen LogP contribution < -0.4 is 9.47 Å². The predicted octanol–water partition coefficient (Wildman–Crippen LogP) is 2.50. The zero-order valence-electron chi connectivity index (χ0n) is 10.9. The summed E-state index contributed by atoms with van der Waals surface area (Å²) in [5.41, 5.74) is 1.08. The van der Waals surface area contributed by atoms with Gasteiger partial charge in [0.05, 0.1) is 13.2 Å². The molecule has 1 heterocycles. The zero-order valence-corrected chi connectivity index (χ0v) is 11.7. The number of methoxy groups -OCH3 is 1. The van der Waals surface area contributed by atoms with Gasteiger partial charge in [0, 0.05) is 5.75 Å². The number of aliphatic hydroxyl groups is 1. The molecule has 2 atom stereocenters. The van der Waals surface area contributed by atoms with Crippen molar-refractivity contribution >= 4 is 11.8 Å². The van der Waals surface area contributed by atoms with Gasteiger partial charge in [-0.1, -0.05) is 6.07 Å². The summed E-state index contributed by atoms with van der Waals surface area (Å²) in [4.78, 5) is 0. The van der Waals surface area contributed by atoms with E-state index in [2.05, 4.69) is 0 Å². The van der Waals surface area contributed by atoms with Crippen LogP contribution in [0.4, 0.5) is 0 Å². The molecule has 4 heteroatoms. The van der Waals surface area contributed by atoms with E-state index in [1.54, 1.807) is 14.0 Å². The second-order valence-corrected chi connectivity index (χ2v) is 5.79. The summed E-state index contributed by atoms with van der Waals surface area (Å²) < 4.78 is 11.3. The molecule has 1 aromatic rings. The van der Waals surface area contributed by atoms with E-state index in [1.165, 1.54) is 5.75 Å². The van der Waals surface area contributed by atoms with E-state index in [0.717, 1.165) is 29.2 Å². The summed E-state index contributed by atoms with van der Waals surface area (Å²) in [6.45, 7) is 1.79. The molecule has 1 aromatic carbocycles. The van der Waals surface area contributed by atoms with Gasteiger partial charge in [0.15, 0.2) is 11.5 Å². The predicted molar refractivity (Wildman–Crippen MR) is 74.7 cm³/mol. The maximum Gasteiger partial charge on any atom is 0.161 e. The molecule has 2 rings (SSSR count). The lowest BCUT2D eigenvalue weighted by molar-refractivity contribution is 0.194. The highest BCUT2D eigenvalue weighted by molar-refractivity contribution is 7.99. The van der Waals surface area contributed by atoms with Gasteiger partial charge < -0.3 is 14.6 Å². The number of aliphatic hydroxyl groups excluding tert-OH is 1. The fourth-order valence-electron chi connectivity index (χ4n) is 2.07. The molecule has 3 nitrogen and oxygen atoms in total. The van der Waals surface area contributed by atoms with Crippen LogP contribution in [0.2, 0.25) is 0 Å². The van der Waals surface area contributed by atoms with Crippen LogP contribution >= 0.6 is 11.8 Å². The van der Waals surface area contributed by atoms with Crippen LogP contribution in [-0.2, 0) is 6.42 Å². The average molecular weight is 268 g/mol. The third-order valence-corrected chi connectivity index (χ3v) is 4.07. The van der Waals surface area contributed by atoms with Gasteiger partial charge in [0.1, 0.15) is 6.10 Å². The lowest BCUT2D eigenvalue weighted by Crippen LogP contribution is -2.15. The number of ether oxygens (including phenoxy) is 2. The maximum absolute atomic E-state index is 9.43. The van der Waals surface area contributed by atoms with Gasteiger partial charge >= 0.3 is 0 Å². The van der Waals surface area contributed by atoms with Crippen molar-refractivity contribution < 1.29 is 14.6 Å². The SMILES string of the molecule is COc1ccc(CC(C)O)cc1OC1CCSC1. The van der Waals surface area contributed by atoms with Crippen molar-refractivity contribution in [1.82, 2.24) is 0 Å². The topological polar surface area (TPSA) is 38.7 Å². The maximum atomic E-state index is 9.43. The smallest absolute Gasteiger partial charge is 0.161 e. The Morgan fingerprint density at radius 3 is 2.89 bits per heavy atom. The second-order valence-electron chi connectivity index (χ2n) is 4.64. The lowest BCUT2D eigenvalue weighted by Gasteiger charge is -2.16. The number of rotatable bonds is 5. The van der Waals surface area contributed by atoms with Gasteiger partial charge in [-0.2, -0.15) is 11.8 Å². The first-order valence-corrected chi connectivity index (χ1v) is 7.44. The molecule has 1 aliphatic rings. The molecule has 0 bridgehead atoms. The fourth-order valence-corrected chi connectivity index (χ4v) is 3.16. The summed E-state index contributed by atoms with van der Waals surface area (Å²) in [5, 5.41) is 9.43. The molecule has 100 valence electrons. The Morgan fingerprint density at radius 2 is 2.28 bits per heavy atom. The van der Waals surface area contributed by atoms with Crippen LogP contribution in [0.15, 0.2) is 18.2 Å². The summed E-state index contributed by atoms with van der Waals surface area (Å²) in [6, 6.07) is 5.87. The van der Waals surface area contributed by atoms with Crippen molar-refractivity contribution in [2.45, 2.75) is 32.0 Å². The lowest BCUT2D eigenvalue weighted by atomic mass is 10.1. The molecule has 0 amide bonds. The number of hydrogen-bond acceptors (Lipinski definition) is 4. The van der Waals surface area contributed by atoms with E-state index in [-0.39, 0.29) is 12.2 Å². The summed E-state index contributed by atoms with van der Waals surface area (Å²) >= 11 is 1.92. The van der Waals surface area contributed by atoms with E-state index >= 15 is 0 Å². The third kappa shape index (κ3) is 3.56. The van der Waals surface area contributed by atoms with E-state index in [1.807, 2.05) is 30.0 Å². The third-order valence-electron chi connectivity index (χ3n) is 2.94. The molecular formula is C14H20O3S. The molecule has 0 aromatic heterocycles. The van der Waals surface area contributed by atoms with Crippen molar-refractivity contribution in [1.29, 1.82) is 0 Å². The number of hydrogen-bond donors (Lipinski definition) is 1. The van der Waals surface area contributed by atoms with E-state index < -0.39 is 0 Å². The van der Waals surface area contributed by atoms with Gasteiger partial charge in [0.25, 0.3) is 0 Å². The highest BCUT2D eigenvalue weighted by Gasteiger charge is 2.19. The van der Waals surface area contributed by atoms with Crippen molar-refractivity contribution in [3.63, 3.8) is 0 Å². The molecule has 0 spiro atoms. The quantitative estimate of drug-likeness (QED) is 0.890. The highest BCUT2D eigenvalue weighted by atomic mass is 32.2. The van der Waals surface area contributed by atoms with Gasteiger partial charge in [-0.3, -0.25) is 0 Å². The Labute approximate surface area is 112 Å². The van der Waals surface area contributed by atoms with Gasteiger partial charge in [-0.25, -0.2) is 0 Å². The minimum absolute atomic E-state index is 0.283. The van der Waals surface area contributed by atoms with Gasteiger partial charge in [-0.05, 0) is 43.2 Å². The number of benzene rings is 1. The largest absolute Gasteiger partial charge is 0.493 e. The van der Waals surface area contributed by atoms with Crippen LogP contribution in [0.25, 0.3) is 0 Å². The van der Waals surface area contributed by atoms with Gasteiger partial charge in [0.2, 0.25) is 0 Å². The molecule has 2 unspecified atom stereocenters. The monoisotopic (exact) mass is 268 g/mol.